The molecule has 0 aliphatic carbocycles. The minimum absolute atomic E-state index is 0.0932. The lowest BCUT2D eigenvalue weighted by molar-refractivity contribution is -0.117. The van der Waals surface area contributed by atoms with Crippen LogP contribution >= 0.6 is 0 Å². The molecule has 160 valence electrons. The van der Waals surface area contributed by atoms with E-state index in [0.717, 1.165) is 33.4 Å². The number of nitrogens with zero attached hydrogens (tertiary/aromatic N) is 2. The molecule has 0 saturated carbocycles. The van der Waals surface area contributed by atoms with Crippen molar-refractivity contribution in [3.05, 3.63) is 66.7 Å². The molecule has 31 heavy (non-hydrogen) atoms. The van der Waals surface area contributed by atoms with Gasteiger partial charge in [0.05, 0.1) is 11.9 Å². The second-order valence-electron chi connectivity index (χ2n) is 7.51. The van der Waals surface area contributed by atoms with Gasteiger partial charge >= 0.3 is 0 Å². The topological polar surface area (TPSA) is 86.8 Å². The summed E-state index contributed by atoms with van der Waals surface area (Å²) in [5, 5.41) is 4.39. The average Bonchev–Trinajstić information content (AvgIpc) is 3.17. The van der Waals surface area contributed by atoms with E-state index in [1.165, 1.54) is 0 Å². The van der Waals surface area contributed by atoms with Gasteiger partial charge in [-0.15, -0.1) is 0 Å². The minimum atomic E-state index is -3.69. The molecule has 7 nitrogen and oxygen atoms in total. The fourth-order valence-electron chi connectivity index (χ4n) is 3.78. The number of anilines is 3. The van der Waals surface area contributed by atoms with Crippen molar-refractivity contribution in [2.24, 2.45) is 0 Å². The first-order valence-corrected chi connectivity index (χ1v) is 11.8. The van der Waals surface area contributed by atoms with Crippen LogP contribution in [0.5, 0.6) is 0 Å². The van der Waals surface area contributed by atoms with Crippen molar-refractivity contribution in [1.29, 1.82) is 0 Å². The molecule has 4 rings (SSSR count). The Morgan fingerprint density at radius 1 is 1.03 bits per heavy atom. The number of rotatable bonds is 6. The van der Waals surface area contributed by atoms with Crippen LogP contribution in [0.1, 0.15) is 12.8 Å². The highest BCUT2D eigenvalue weighted by atomic mass is 32.2. The first-order valence-electron chi connectivity index (χ1n) is 9.99. The quantitative estimate of drug-likeness (QED) is 0.641. The van der Waals surface area contributed by atoms with Crippen LogP contribution in [0.15, 0.2) is 66.7 Å². The van der Waals surface area contributed by atoms with Gasteiger partial charge in [-0.3, -0.25) is 13.9 Å². The number of fused-ring (bicyclic) bond motifs is 1. The van der Waals surface area contributed by atoms with Gasteiger partial charge in [0.25, 0.3) is 0 Å². The van der Waals surface area contributed by atoms with E-state index in [4.69, 9.17) is 0 Å². The van der Waals surface area contributed by atoms with Crippen LogP contribution in [0.25, 0.3) is 10.8 Å². The summed E-state index contributed by atoms with van der Waals surface area (Å²) in [7, 11) is -3.69. The number of carbonyl (C=O) groups is 2. The van der Waals surface area contributed by atoms with Crippen LogP contribution in [0.4, 0.5) is 17.1 Å². The van der Waals surface area contributed by atoms with E-state index >= 15 is 0 Å². The van der Waals surface area contributed by atoms with Crippen LogP contribution in [0, 0.1) is 0 Å². The van der Waals surface area contributed by atoms with Crippen molar-refractivity contribution < 1.29 is 18.0 Å². The highest BCUT2D eigenvalue weighted by Gasteiger charge is 2.23. The second kappa shape index (κ2) is 8.39. The van der Waals surface area contributed by atoms with Crippen molar-refractivity contribution >= 4 is 49.7 Å². The van der Waals surface area contributed by atoms with E-state index in [1.807, 2.05) is 30.3 Å². The molecular formula is C23H23N3O4S. The summed E-state index contributed by atoms with van der Waals surface area (Å²) in [5.41, 5.74) is 1.78. The molecule has 1 fully saturated rings. The van der Waals surface area contributed by atoms with Crippen molar-refractivity contribution in [3.63, 3.8) is 0 Å². The standard InChI is InChI=1S/C23H23N3O4S/c1-31(29,30)26(21-9-4-7-17-6-2-3-8-20(17)21)16-22(27)24-18-11-13-19(14-12-18)25-15-5-10-23(25)28/h2-4,6-9,11-14H,5,10,15-16H2,1H3,(H,24,27). The number of sulfonamides is 1. The van der Waals surface area contributed by atoms with Crippen molar-refractivity contribution in [1.82, 2.24) is 0 Å². The van der Waals surface area contributed by atoms with E-state index < -0.39 is 15.9 Å². The third-order valence-electron chi connectivity index (χ3n) is 5.26. The number of hydrogen-bond donors (Lipinski definition) is 1. The molecular weight excluding hydrogens is 414 g/mol. The fourth-order valence-corrected chi connectivity index (χ4v) is 4.65. The SMILES string of the molecule is CS(=O)(=O)N(CC(=O)Nc1ccc(N2CCCC2=O)cc1)c1cccc2ccccc12. The lowest BCUT2D eigenvalue weighted by atomic mass is 10.1. The maximum Gasteiger partial charge on any atom is 0.245 e. The van der Waals surface area contributed by atoms with Gasteiger partial charge < -0.3 is 10.2 Å². The third-order valence-corrected chi connectivity index (χ3v) is 6.39. The Labute approximate surface area is 181 Å². The van der Waals surface area contributed by atoms with Crippen molar-refractivity contribution in [3.8, 4) is 0 Å². The first-order chi connectivity index (χ1) is 14.8. The van der Waals surface area contributed by atoms with Crippen LogP contribution in [0.2, 0.25) is 0 Å². The molecule has 0 spiro atoms. The molecule has 1 heterocycles. The van der Waals surface area contributed by atoms with Gasteiger partial charge in [-0.25, -0.2) is 8.42 Å². The van der Waals surface area contributed by atoms with Crippen molar-refractivity contribution in [2.75, 3.05) is 33.9 Å². The molecule has 1 N–H and O–H groups in total. The largest absolute Gasteiger partial charge is 0.325 e. The summed E-state index contributed by atoms with van der Waals surface area (Å²) in [6.45, 7) is 0.345. The number of amides is 2. The predicted octanol–water partition coefficient (Wildman–Crippen LogP) is 3.37. The molecule has 0 atom stereocenters. The van der Waals surface area contributed by atoms with E-state index in [2.05, 4.69) is 5.32 Å². The molecule has 0 unspecified atom stereocenters. The summed E-state index contributed by atoms with van der Waals surface area (Å²) >= 11 is 0. The van der Waals surface area contributed by atoms with E-state index in [0.29, 0.717) is 24.3 Å². The molecule has 3 aromatic carbocycles. The summed E-state index contributed by atoms with van der Waals surface area (Å²) < 4.78 is 26.1. The Kier molecular flexibility index (Phi) is 5.65. The van der Waals surface area contributed by atoms with Gasteiger partial charge in [0.15, 0.2) is 0 Å². The molecule has 3 aromatic rings. The Bertz CT molecular complexity index is 1230. The fraction of sp³-hybridized carbons (Fsp3) is 0.217. The van der Waals surface area contributed by atoms with E-state index in [1.54, 1.807) is 41.3 Å². The van der Waals surface area contributed by atoms with Gasteiger partial charge in [-0.05, 0) is 42.1 Å². The zero-order valence-corrected chi connectivity index (χ0v) is 17.9. The Balaban J connectivity index is 1.53. The van der Waals surface area contributed by atoms with Crippen LogP contribution in [-0.4, -0.2) is 39.6 Å². The first kappa shape index (κ1) is 20.9. The van der Waals surface area contributed by atoms with Gasteiger partial charge in [0, 0.05) is 29.7 Å². The maximum absolute atomic E-state index is 12.7. The van der Waals surface area contributed by atoms with E-state index in [9.17, 15) is 18.0 Å². The lowest BCUT2D eigenvalue weighted by Gasteiger charge is -2.23. The highest BCUT2D eigenvalue weighted by molar-refractivity contribution is 7.92. The highest BCUT2D eigenvalue weighted by Crippen LogP contribution is 2.28. The molecule has 0 radical (unpaired) electrons. The number of nitrogens with one attached hydrogen (secondary N) is 1. The van der Waals surface area contributed by atoms with Crippen LogP contribution in [0.3, 0.4) is 0 Å². The third kappa shape index (κ3) is 4.54. The molecule has 0 aromatic heterocycles. The maximum atomic E-state index is 12.7. The zero-order valence-electron chi connectivity index (χ0n) is 17.1. The lowest BCUT2D eigenvalue weighted by Crippen LogP contribution is -2.37. The number of carbonyl (C=O) groups excluding carboxylic acids is 2. The Hall–Kier alpha value is -3.39. The minimum Gasteiger partial charge on any atom is -0.325 e. The summed E-state index contributed by atoms with van der Waals surface area (Å²) in [4.78, 5) is 26.3. The van der Waals surface area contributed by atoms with E-state index in [-0.39, 0.29) is 12.5 Å². The van der Waals surface area contributed by atoms with Gasteiger partial charge in [0.2, 0.25) is 21.8 Å². The Morgan fingerprint density at radius 2 is 1.74 bits per heavy atom. The normalized spacial score (nSPS) is 14.1. The van der Waals surface area contributed by atoms with Gasteiger partial charge in [-0.2, -0.15) is 0 Å². The monoisotopic (exact) mass is 437 g/mol. The van der Waals surface area contributed by atoms with Crippen molar-refractivity contribution in [2.45, 2.75) is 12.8 Å². The zero-order chi connectivity index (χ0) is 22.0. The summed E-state index contributed by atoms with van der Waals surface area (Å²) in [6.07, 6.45) is 2.48. The summed E-state index contributed by atoms with van der Waals surface area (Å²) in [5.74, 6) is -0.362. The summed E-state index contributed by atoms with van der Waals surface area (Å²) in [6, 6.07) is 19.8. The second-order valence-corrected chi connectivity index (χ2v) is 9.42. The van der Waals surface area contributed by atoms with Gasteiger partial charge in [-0.1, -0.05) is 36.4 Å². The Morgan fingerprint density at radius 3 is 2.42 bits per heavy atom. The van der Waals surface area contributed by atoms with Crippen LogP contribution in [-0.2, 0) is 19.6 Å². The molecule has 1 aliphatic heterocycles. The smallest absolute Gasteiger partial charge is 0.245 e. The average molecular weight is 438 g/mol. The van der Waals surface area contributed by atoms with Crippen LogP contribution < -0.4 is 14.5 Å². The van der Waals surface area contributed by atoms with Gasteiger partial charge in [0.1, 0.15) is 6.54 Å². The number of benzene rings is 3. The molecule has 8 heteroatoms. The molecule has 0 bridgehead atoms. The molecule has 1 aliphatic rings. The number of hydrogen-bond acceptors (Lipinski definition) is 4. The molecule has 2 amide bonds. The molecule has 1 saturated heterocycles. The predicted molar refractivity (Wildman–Crippen MR) is 123 cm³/mol.